The summed E-state index contributed by atoms with van der Waals surface area (Å²) in [4.78, 5) is 11.4. The summed E-state index contributed by atoms with van der Waals surface area (Å²) in [5, 5.41) is 8.82. The van der Waals surface area contributed by atoms with Gasteiger partial charge in [-0.15, -0.1) is 11.6 Å². The molecule has 0 atom stereocenters. The van der Waals surface area contributed by atoms with Gasteiger partial charge >= 0.3 is 0 Å². The molecule has 5 heteroatoms. The van der Waals surface area contributed by atoms with E-state index in [1.807, 2.05) is 28.7 Å². The van der Waals surface area contributed by atoms with E-state index in [0.29, 0.717) is 16.9 Å². The Morgan fingerprint density at radius 2 is 2.33 bits per heavy atom. The Bertz CT molecular complexity index is 440. The van der Waals surface area contributed by atoms with Crippen LogP contribution in [0.2, 0.25) is 0 Å². The number of alkyl halides is 1. The van der Waals surface area contributed by atoms with Crippen LogP contribution in [0.15, 0.2) is 12.1 Å². The second-order valence-electron chi connectivity index (χ2n) is 2.70. The maximum atomic E-state index is 11.4. The van der Waals surface area contributed by atoms with E-state index < -0.39 is 0 Å². The van der Waals surface area contributed by atoms with E-state index in [0.717, 1.165) is 3.57 Å². The van der Waals surface area contributed by atoms with Gasteiger partial charge in [-0.1, -0.05) is 0 Å². The third kappa shape index (κ3) is 2.61. The van der Waals surface area contributed by atoms with Crippen LogP contribution in [0.5, 0.6) is 5.75 Å². The summed E-state index contributed by atoms with van der Waals surface area (Å²) >= 11 is 7.48. The maximum Gasteiger partial charge on any atom is 0.181 e. The Kier molecular flexibility index (Phi) is 4.36. The number of nitrogens with zero attached hydrogens (tertiary/aromatic N) is 1. The van der Waals surface area contributed by atoms with Gasteiger partial charge in [0.25, 0.3) is 0 Å². The molecule has 1 rings (SSSR count). The van der Waals surface area contributed by atoms with Gasteiger partial charge in [0.2, 0.25) is 0 Å². The second kappa shape index (κ2) is 5.33. The van der Waals surface area contributed by atoms with Crippen molar-refractivity contribution in [2.75, 3.05) is 13.0 Å². The number of Topliss-reactive ketones (excluding diaryl/α,β-unsaturated/α-hetero) is 1. The molecule has 0 bridgehead atoms. The molecule has 0 saturated carbocycles. The first kappa shape index (κ1) is 12.3. The summed E-state index contributed by atoms with van der Waals surface area (Å²) < 4.78 is 5.80. The van der Waals surface area contributed by atoms with Crippen LogP contribution < -0.4 is 4.74 Å². The molecule has 0 aliphatic rings. The van der Waals surface area contributed by atoms with E-state index in [1.165, 1.54) is 13.2 Å². The van der Waals surface area contributed by atoms with Crippen molar-refractivity contribution in [3.63, 3.8) is 0 Å². The number of methoxy groups -OCH3 is 1. The number of rotatable bonds is 3. The highest BCUT2D eigenvalue weighted by atomic mass is 127. The molecule has 0 unspecified atom stereocenters. The summed E-state index contributed by atoms with van der Waals surface area (Å²) in [6.07, 6.45) is 0. The number of ether oxygens (including phenoxy) is 1. The molecule has 15 heavy (non-hydrogen) atoms. The molecule has 3 nitrogen and oxygen atoms in total. The van der Waals surface area contributed by atoms with Crippen molar-refractivity contribution in [1.29, 1.82) is 5.26 Å². The number of hydrogen-bond donors (Lipinski definition) is 0. The zero-order chi connectivity index (χ0) is 11.4. The van der Waals surface area contributed by atoms with Gasteiger partial charge in [-0.05, 0) is 34.7 Å². The van der Waals surface area contributed by atoms with E-state index >= 15 is 0 Å². The fraction of sp³-hybridized carbons (Fsp3) is 0.200. The van der Waals surface area contributed by atoms with Crippen LogP contribution in [0.4, 0.5) is 0 Å². The van der Waals surface area contributed by atoms with E-state index in [2.05, 4.69) is 0 Å². The van der Waals surface area contributed by atoms with Gasteiger partial charge in [0.05, 0.1) is 24.1 Å². The number of nitriles is 1. The number of benzene rings is 1. The monoisotopic (exact) mass is 335 g/mol. The van der Waals surface area contributed by atoms with Gasteiger partial charge in [0.1, 0.15) is 11.8 Å². The topological polar surface area (TPSA) is 50.1 Å². The maximum absolute atomic E-state index is 11.4. The molecule has 0 heterocycles. The lowest BCUT2D eigenvalue weighted by Gasteiger charge is -2.07. The highest BCUT2D eigenvalue weighted by Gasteiger charge is 2.14. The van der Waals surface area contributed by atoms with Crippen LogP contribution in [0, 0.1) is 14.9 Å². The molecule has 0 amide bonds. The lowest BCUT2D eigenvalue weighted by molar-refractivity contribution is 0.101. The molecule has 0 fully saturated rings. The van der Waals surface area contributed by atoms with Crippen LogP contribution in [0.25, 0.3) is 0 Å². The Morgan fingerprint density at radius 1 is 1.67 bits per heavy atom. The van der Waals surface area contributed by atoms with Gasteiger partial charge in [0.15, 0.2) is 5.78 Å². The SMILES string of the molecule is COc1cc(I)c(C#N)cc1C(=O)CCl. The molecule has 0 radical (unpaired) electrons. The van der Waals surface area contributed by atoms with Crippen molar-refractivity contribution in [3.8, 4) is 11.8 Å². The smallest absolute Gasteiger partial charge is 0.181 e. The first-order valence-electron chi connectivity index (χ1n) is 4.00. The van der Waals surface area contributed by atoms with Crippen LogP contribution in [0.1, 0.15) is 15.9 Å². The van der Waals surface area contributed by atoms with Crippen LogP contribution >= 0.6 is 34.2 Å². The van der Waals surface area contributed by atoms with E-state index in [4.69, 9.17) is 21.6 Å². The summed E-state index contributed by atoms with van der Waals surface area (Å²) in [6, 6.07) is 5.16. The molecule has 0 saturated heterocycles. The van der Waals surface area contributed by atoms with Crippen LogP contribution in [-0.2, 0) is 0 Å². The summed E-state index contributed by atoms with van der Waals surface area (Å²) in [5.41, 5.74) is 0.800. The Balaban J connectivity index is 3.36. The highest BCUT2D eigenvalue weighted by molar-refractivity contribution is 14.1. The van der Waals surface area contributed by atoms with E-state index in [9.17, 15) is 4.79 Å². The lowest BCUT2D eigenvalue weighted by Crippen LogP contribution is -2.04. The van der Waals surface area contributed by atoms with Gasteiger partial charge in [-0.2, -0.15) is 5.26 Å². The van der Waals surface area contributed by atoms with E-state index in [1.54, 1.807) is 6.07 Å². The minimum Gasteiger partial charge on any atom is -0.496 e. The molecule has 78 valence electrons. The standard InChI is InChI=1S/C10H7ClINO2/c1-15-10-3-8(12)6(5-13)2-7(10)9(14)4-11/h2-3H,4H2,1H3. The Hall–Kier alpha value is -0.800. The average Bonchev–Trinajstić information content (AvgIpc) is 2.27. The van der Waals surface area contributed by atoms with E-state index in [-0.39, 0.29) is 11.7 Å². The lowest BCUT2D eigenvalue weighted by atomic mass is 10.1. The van der Waals surface area contributed by atoms with Crippen LogP contribution in [-0.4, -0.2) is 18.8 Å². The molecule has 0 aliphatic carbocycles. The number of hydrogen-bond acceptors (Lipinski definition) is 3. The fourth-order valence-corrected chi connectivity index (χ4v) is 1.80. The first-order chi connectivity index (χ1) is 7.13. The van der Waals surface area contributed by atoms with Gasteiger partial charge in [-0.25, -0.2) is 0 Å². The predicted molar refractivity (Wildman–Crippen MR) is 65.5 cm³/mol. The minimum atomic E-state index is -0.249. The molecule has 0 spiro atoms. The predicted octanol–water partition coefficient (Wildman–Crippen LogP) is 2.59. The molecule has 0 aliphatic heterocycles. The van der Waals surface area contributed by atoms with Gasteiger partial charge in [0, 0.05) is 3.57 Å². The van der Waals surface area contributed by atoms with Crippen LogP contribution in [0.3, 0.4) is 0 Å². The molecular formula is C10H7ClINO2. The molecule has 0 N–H and O–H groups in total. The third-order valence-corrected chi connectivity index (χ3v) is 2.97. The molecular weight excluding hydrogens is 328 g/mol. The van der Waals surface area contributed by atoms with Crippen molar-refractivity contribution in [3.05, 3.63) is 26.8 Å². The number of carbonyl (C=O) groups is 1. The zero-order valence-electron chi connectivity index (χ0n) is 7.88. The Labute approximate surface area is 106 Å². The first-order valence-corrected chi connectivity index (χ1v) is 5.62. The van der Waals surface area contributed by atoms with Crippen molar-refractivity contribution >= 4 is 40.0 Å². The normalized spacial score (nSPS) is 9.47. The minimum absolute atomic E-state index is 0.123. The largest absolute Gasteiger partial charge is 0.496 e. The Morgan fingerprint density at radius 3 is 2.80 bits per heavy atom. The molecule has 0 aromatic heterocycles. The quantitative estimate of drug-likeness (QED) is 0.485. The van der Waals surface area contributed by atoms with Crippen molar-refractivity contribution in [2.45, 2.75) is 0 Å². The fourth-order valence-electron chi connectivity index (χ4n) is 1.10. The number of halogens is 2. The number of carbonyl (C=O) groups excluding carboxylic acids is 1. The van der Waals surface area contributed by atoms with Crippen molar-refractivity contribution < 1.29 is 9.53 Å². The molecule has 1 aromatic carbocycles. The van der Waals surface area contributed by atoms with Gasteiger partial charge in [-0.3, -0.25) is 4.79 Å². The van der Waals surface area contributed by atoms with Crippen molar-refractivity contribution in [2.24, 2.45) is 0 Å². The highest BCUT2D eigenvalue weighted by Crippen LogP contribution is 2.25. The zero-order valence-corrected chi connectivity index (χ0v) is 10.8. The summed E-state index contributed by atoms with van der Waals surface area (Å²) in [5.74, 6) is 0.0763. The second-order valence-corrected chi connectivity index (χ2v) is 4.13. The summed E-state index contributed by atoms with van der Waals surface area (Å²) in [7, 11) is 1.47. The summed E-state index contributed by atoms with van der Waals surface area (Å²) in [6.45, 7) is 0. The third-order valence-electron chi connectivity index (χ3n) is 1.83. The van der Waals surface area contributed by atoms with Crippen molar-refractivity contribution in [1.82, 2.24) is 0 Å². The van der Waals surface area contributed by atoms with Gasteiger partial charge < -0.3 is 4.74 Å². The number of ketones is 1. The molecule has 1 aromatic rings. The average molecular weight is 336 g/mol.